The minimum absolute atomic E-state index is 0.640. The van der Waals surface area contributed by atoms with Gasteiger partial charge in [-0.05, 0) is 5.56 Å². The van der Waals surface area contributed by atoms with Gasteiger partial charge in [-0.25, -0.2) is 0 Å². The molecule has 0 aliphatic heterocycles. The summed E-state index contributed by atoms with van der Waals surface area (Å²) in [6.45, 7) is 4.88. The van der Waals surface area contributed by atoms with Crippen LogP contribution in [0.1, 0.15) is 5.56 Å². The third-order valence-corrected chi connectivity index (χ3v) is 1.60. The summed E-state index contributed by atoms with van der Waals surface area (Å²) >= 11 is 0. The zero-order valence-electron chi connectivity index (χ0n) is 7.65. The Morgan fingerprint density at radius 2 is 2.00 bits per heavy atom. The van der Waals surface area contributed by atoms with Crippen molar-refractivity contribution in [2.45, 2.75) is 6.61 Å². The Bertz CT molecular complexity index is 262. The summed E-state index contributed by atoms with van der Waals surface area (Å²) < 4.78 is 5.39. The highest BCUT2D eigenvalue weighted by Crippen LogP contribution is 1.99. The molecule has 13 heavy (non-hydrogen) atoms. The summed E-state index contributed by atoms with van der Waals surface area (Å²) in [5.41, 5.74) is 1.20. The van der Waals surface area contributed by atoms with Gasteiger partial charge in [-0.3, -0.25) is 0 Å². The SMILES string of the molecule is C=C/C=C/COCc1ccccc1. The minimum Gasteiger partial charge on any atom is -0.373 e. The van der Waals surface area contributed by atoms with E-state index in [1.165, 1.54) is 5.56 Å². The summed E-state index contributed by atoms with van der Waals surface area (Å²) in [5, 5.41) is 0. The van der Waals surface area contributed by atoms with Crippen molar-refractivity contribution in [3.63, 3.8) is 0 Å². The maximum atomic E-state index is 5.39. The Morgan fingerprint density at radius 1 is 1.23 bits per heavy atom. The van der Waals surface area contributed by atoms with Crippen molar-refractivity contribution in [1.29, 1.82) is 0 Å². The molecule has 0 aliphatic carbocycles. The van der Waals surface area contributed by atoms with E-state index >= 15 is 0 Å². The van der Waals surface area contributed by atoms with Crippen LogP contribution < -0.4 is 0 Å². The van der Waals surface area contributed by atoms with Crippen molar-refractivity contribution in [2.24, 2.45) is 0 Å². The lowest BCUT2D eigenvalue weighted by Crippen LogP contribution is -1.91. The van der Waals surface area contributed by atoms with Crippen LogP contribution in [0.3, 0.4) is 0 Å². The van der Waals surface area contributed by atoms with Crippen LogP contribution in [-0.2, 0) is 11.3 Å². The van der Waals surface area contributed by atoms with Gasteiger partial charge < -0.3 is 4.74 Å². The van der Waals surface area contributed by atoms with E-state index < -0.39 is 0 Å². The van der Waals surface area contributed by atoms with Crippen molar-refractivity contribution in [1.82, 2.24) is 0 Å². The molecule has 0 aromatic heterocycles. The summed E-state index contributed by atoms with van der Waals surface area (Å²) in [4.78, 5) is 0. The molecule has 0 bridgehead atoms. The van der Waals surface area contributed by atoms with Crippen LogP contribution in [0.15, 0.2) is 55.1 Å². The van der Waals surface area contributed by atoms with Crippen LogP contribution in [0.2, 0.25) is 0 Å². The molecule has 0 N–H and O–H groups in total. The fraction of sp³-hybridized carbons (Fsp3) is 0.167. The monoisotopic (exact) mass is 174 g/mol. The zero-order valence-corrected chi connectivity index (χ0v) is 7.65. The van der Waals surface area contributed by atoms with Gasteiger partial charge in [0.2, 0.25) is 0 Å². The molecule has 0 atom stereocenters. The van der Waals surface area contributed by atoms with E-state index in [2.05, 4.69) is 18.7 Å². The van der Waals surface area contributed by atoms with Gasteiger partial charge in [0.05, 0.1) is 13.2 Å². The summed E-state index contributed by atoms with van der Waals surface area (Å²) in [6.07, 6.45) is 5.56. The average molecular weight is 174 g/mol. The number of ether oxygens (including phenoxy) is 1. The number of hydrogen-bond acceptors (Lipinski definition) is 1. The van der Waals surface area contributed by atoms with Gasteiger partial charge in [-0.2, -0.15) is 0 Å². The van der Waals surface area contributed by atoms with Crippen molar-refractivity contribution >= 4 is 0 Å². The molecule has 1 aromatic rings. The van der Waals surface area contributed by atoms with E-state index in [0.717, 1.165) is 0 Å². The molecule has 1 heteroatoms. The molecule has 1 nitrogen and oxygen atoms in total. The van der Waals surface area contributed by atoms with Gasteiger partial charge in [0.15, 0.2) is 0 Å². The lowest BCUT2D eigenvalue weighted by Gasteiger charge is -1.99. The second-order valence-electron chi connectivity index (χ2n) is 2.66. The van der Waals surface area contributed by atoms with Crippen LogP contribution in [-0.4, -0.2) is 6.61 Å². The third kappa shape index (κ3) is 4.28. The quantitative estimate of drug-likeness (QED) is 0.492. The van der Waals surface area contributed by atoms with Crippen LogP contribution >= 0.6 is 0 Å². The first kappa shape index (κ1) is 9.75. The lowest BCUT2D eigenvalue weighted by atomic mass is 10.2. The van der Waals surface area contributed by atoms with Gasteiger partial charge in [0.25, 0.3) is 0 Å². The number of rotatable bonds is 5. The molecule has 0 aliphatic rings. The molecule has 0 heterocycles. The fourth-order valence-corrected chi connectivity index (χ4v) is 0.971. The highest BCUT2D eigenvalue weighted by atomic mass is 16.5. The first-order chi connectivity index (χ1) is 6.43. The first-order valence-corrected chi connectivity index (χ1v) is 4.32. The number of allylic oxidation sites excluding steroid dienone is 2. The molecule has 0 saturated carbocycles. The van der Waals surface area contributed by atoms with Gasteiger partial charge >= 0.3 is 0 Å². The zero-order chi connectivity index (χ0) is 9.36. The molecule has 0 unspecified atom stereocenters. The summed E-state index contributed by atoms with van der Waals surface area (Å²) in [6, 6.07) is 10.1. The van der Waals surface area contributed by atoms with E-state index in [-0.39, 0.29) is 0 Å². The summed E-state index contributed by atoms with van der Waals surface area (Å²) in [7, 11) is 0. The van der Waals surface area contributed by atoms with Gasteiger partial charge in [-0.1, -0.05) is 55.1 Å². The van der Waals surface area contributed by atoms with Crippen molar-refractivity contribution in [2.75, 3.05) is 6.61 Å². The Labute approximate surface area is 79.4 Å². The molecule has 0 spiro atoms. The molecule has 0 fully saturated rings. The predicted octanol–water partition coefficient (Wildman–Crippen LogP) is 2.95. The molecule has 1 aromatic carbocycles. The predicted molar refractivity (Wildman–Crippen MR) is 55.4 cm³/mol. The topological polar surface area (TPSA) is 9.23 Å². The molecule has 0 radical (unpaired) electrons. The van der Waals surface area contributed by atoms with Crippen LogP contribution in [0, 0.1) is 0 Å². The maximum absolute atomic E-state index is 5.39. The second kappa shape index (κ2) is 6.21. The van der Waals surface area contributed by atoms with Crippen molar-refractivity contribution in [3.8, 4) is 0 Å². The van der Waals surface area contributed by atoms with Crippen LogP contribution in [0.5, 0.6) is 0 Å². The highest BCUT2D eigenvalue weighted by Gasteiger charge is 1.88. The Kier molecular flexibility index (Phi) is 4.65. The smallest absolute Gasteiger partial charge is 0.0721 e. The van der Waals surface area contributed by atoms with E-state index in [4.69, 9.17) is 4.74 Å². The molecule has 0 amide bonds. The van der Waals surface area contributed by atoms with Crippen LogP contribution in [0.25, 0.3) is 0 Å². The summed E-state index contributed by atoms with van der Waals surface area (Å²) in [5.74, 6) is 0. The Morgan fingerprint density at radius 3 is 2.69 bits per heavy atom. The minimum atomic E-state index is 0.640. The second-order valence-corrected chi connectivity index (χ2v) is 2.66. The maximum Gasteiger partial charge on any atom is 0.0721 e. The standard InChI is InChI=1S/C12H14O/c1-2-3-7-10-13-11-12-8-5-4-6-9-12/h2-9H,1,10-11H2/b7-3+. The molecule has 68 valence electrons. The molecule has 1 rings (SSSR count). The van der Waals surface area contributed by atoms with E-state index in [0.29, 0.717) is 13.2 Å². The van der Waals surface area contributed by atoms with Crippen molar-refractivity contribution < 1.29 is 4.74 Å². The van der Waals surface area contributed by atoms with Crippen LogP contribution in [0.4, 0.5) is 0 Å². The molecular weight excluding hydrogens is 160 g/mol. The van der Waals surface area contributed by atoms with Gasteiger partial charge in [0, 0.05) is 0 Å². The molecule has 0 saturated heterocycles. The lowest BCUT2D eigenvalue weighted by molar-refractivity contribution is 0.148. The first-order valence-electron chi connectivity index (χ1n) is 4.32. The van der Waals surface area contributed by atoms with Crippen molar-refractivity contribution in [3.05, 3.63) is 60.7 Å². The Hall–Kier alpha value is -1.34. The van der Waals surface area contributed by atoms with E-state index in [9.17, 15) is 0 Å². The largest absolute Gasteiger partial charge is 0.373 e. The normalized spacial score (nSPS) is 10.5. The highest BCUT2D eigenvalue weighted by molar-refractivity contribution is 5.13. The fourth-order valence-electron chi connectivity index (χ4n) is 0.971. The average Bonchev–Trinajstić information content (AvgIpc) is 2.19. The van der Waals surface area contributed by atoms with E-state index in [1.807, 2.05) is 30.4 Å². The van der Waals surface area contributed by atoms with Gasteiger partial charge in [0.1, 0.15) is 0 Å². The molecular formula is C12H14O. The third-order valence-electron chi connectivity index (χ3n) is 1.60. The van der Waals surface area contributed by atoms with Gasteiger partial charge in [-0.15, -0.1) is 0 Å². The Balaban J connectivity index is 2.20. The number of benzene rings is 1. The number of hydrogen-bond donors (Lipinski definition) is 0. The van der Waals surface area contributed by atoms with E-state index in [1.54, 1.807) is 6.08 Å².